The lowest BCUT2D eigenvalue weighted by atomic mass is 10.1. The van der Waals surface area contributed by atoms with Crippen LogP contribution in [0.25, 0.3) is 22.5 Å². The van der Waals surface area contributed by atoms with Crippen molar-refractivity contribution in [2.75, 3.05) is 10.6 Å². The molecule has 7 aromatic rings. The molecule has 1 heterocycles. The Morgan fingerprint density at radius 2 is 0.893 bits per heavy atom. The average molecular weight is 745 g/mol. The van der Waals surface area contributed by atoms with Gasteiger partial charge in [0.2, 0.25) is 0 Å². The van der Waals surface area contributed by atoms with E-state index in [-0.39, 0.29) is 23.2 Å². The lowest BCUT2D eigenvalue weighted by Gasteiger charge is -2.10. The highest BCUT2D eigenvalue weighted by Crippen LogP contribution is 2.28. The van der Waals surface area contributed by atoms with E-state index in [2.05, 4.69) is 20.6 Å². The zero-order chi connectivity index (χ0) is 39.0. The van der Waals surface area contributed by atoms with Crippen molar-refractivity contribution < 1.29 is 28.9 Å². The number of aromatic nitrogens is 2. The van der Waals surface area contributed by atoms with Crippen LogP contribution in [-0.2, 0) is 0 Å². The number of hydrogen-bond acceptors (Lipinski definition) is 10. The van der Waals surface area contributed by atoms with Crippen molar-refractivity contribution in [3.8, 4) is 45.5 Å². The largest absolute Gasteiger partial charge is 0.457 e. The number of nitro groups is 2. The second-order valence-corrected chi connectivity index (χ2v) is 12.1. The normalized spacial score (nSPS) is 10.6. The van der Waals surface area contributed by atoms with Gasteiger partial charge in [-0.1, -0.05) is 24.3 Å². The Labute approximate surface area is 318 Å². The van der Waals surface area contributed by atoms with E-state index in [9.17, 15) is 29.8 Å². The maximum absolute atomic E-state index is 13.0. The third-order valence-electron chi connectivity index (χ3n) is 8.29. The van der Waals surface area contributed by atoms with Gasteiger partial charge in [-0.2, -0.15) is 0 Å². The van der Waals surface area contributed by atoms with Gasteiger partial charge in [0.25, 0.3) is 23.2 Å². The number of nitrogens with one attached hydrogen (secondary N) is 2. The number of non-ortho nitro benzene ring substituents is 2. The number of carbonyl (C=O) groups excluding carboxylic acids is 2. The van der Waals surface area contributed by atoms with E-state index in [0.29, 0.717) is 51.3 Å². The summed E-state index contributed by atoms with van der Waals surface area (Å²) < 4.78 is 11.5. The van der Waals surface area contributed by atoms with E-state index >= 15 is 0 Å². The molecular formula is C42H28N6O8. The maximum Gasteiger partial charge on any atom is 0.269 e. The molecule has 7 rings (SSSR count). The summed E-state index contributed by atoms with van der Waals surface area (Å²) in [5.74, 6) is 1.41. The van der Waals surface area contributed by atoms with Crippen molar-refractivity contribution in [3.63, 3.8) is 0 Å². The molecule has 14 heteroatoms. The van der Waals surface area contributed by atoms with Crippen LogP contribution in [0.15, 0.2) is 158 Å². The molecule has 2 N–H and O–H groups in total. The molecule has 274 valence electrons. The number of nitro benzene ring substituents is 2. The van der Waals surface area contributed by atoms with Crippen molar-refractivity contribution in [1.29, 1.82) is 0 Å². The monoisotopic (exact) mass is 744 g/mol. The molecule has 0 atom stereocenters. The van der Waals surface area contributed by atoms with Crippen LogP contribution in [-0.4, -0.2) is 31.6 Å². The minimum atomic E-state index is -0.492. The van der Waals surface area contributed by atoms with Crippen molar-refractivity contribution in [2.45, 2.75) is 0 Å². The second kappa shape index (κ2) is 16.2. The minimum Gasteiger partial charge on any atom is -0.457 e. The first-order valence-electron chi connectivity index (χ1n) is 16.9. The molecule has 0 radical (unpaired) electrons. The summed E-state index contributed by atoms with van der Waals surface area (Å²) in [6.07, 6.45) is 3.40. The van der Waals surface area contributed by atoms with E-state index < -0.39 is 9.85 Å². The predicted molar refractivity (Wildman–Crippen MR) is 208 cm³/mol. The SMILES string of the molecule is O=C(Nc1ccc(-c2cnc(-c3ccc(NC(=O)c4cccc(Oc5ccc([N+](=O)[O-])cc5)c4)cc3)nc2)cc1)c1cccc(Oc2ccc([N+](=O)[O-])cc2)c1. The van der Waals surface area contributed by atoms with Crippen LogP contribution in [0.5, 0.6) is 23.0 Å². The molecule has 0 aliphatic carbocycles. The molecule has 0 bridgehead atoms. The Morgan fingerprint density at radius 1 is 0.482 bits per heavy atom. The molecule has 0 saturated heterocycles. The summed E-state index contributed by atoms with van der Waals surface area (Å²) in [4.78, 5) is 55.8. The van der Waals surface area contributed by atoms with Gasteiger partial charge < -0.3 is 20.1 Å². The van der Waals surface area contributed by atoms with Gasteiger partial charge in [-0.3, -0.25) is 29.8 Å². The summed E-state index contributed by atoms with van der Waals surface area (Å²) in [6.45, 7) is 0. The number of rotatable bonds is 12. The maximum atomic E-state index is 13.0. The van der Waals surface area contributed by atoms with Crippen LogP contribution in [0.3, 0.4) is 0 Å². The van der Waals surface area contributed by atoms with Crippen molar-refractivity contribution >= 4 is 34.6 Å². The Morgan fingerprint density at radius 3 is 1.30 bits per heavy atom. The van der Waals surface area contributed by atoms with Crippen molar-refractivity contribution in [2.24, 2.45) is 0 Å². The lowest BCUT2D eigenvalue weighted by molar-refractivity contribution is -0.385. The Balaban J connectivity index is 0.927. The second-order valence-electron chi connectivity index (χ2n) is 12.1. The van der Waals surface area contributed by atoms with E-state index in [1.807, 2.05) is 12.1 Å². The fourth-order valence-electron chi connectivity index (χ4n) is 5.43. The molecule has 0 aliphatic heterocycles. The summed E-state index contributed by atoms with van der Waals surface area (Å²) in [7, 11) is 0. The molecule has 56 heavy (non-hydrogen) atoms. The Kier molecular flexibility index (Phi) is 10.4. The number of benzene rings is 6. The Hall–Kier alpha value is -8.26. The zero-order valence-electron chi connectivity index (χ0n) is 29.1. The number of hydrogen-bond donors (Lipinski definition) is 2. The first-order chi connectivity index (χ1) is 27.2. The first kappa shape index (κ1) is 36.1. The van der Waals surface area contributed by atoms with Crippen LogP contribution in [0.4, 0.5) is 22.7 Å². The molecule has 6 aromatic carbocycles. The van der Waals surface area contributed by atoms with E-state index in [1.54, 1.807) is 97.3 Å². The highest BCUT2D eigenvalue weighted by Gasteiger charge is 2.12. The van der Waals surface area contributed by atoms with Gasteiger partial charge in [0.15, 0.2) is 5.82 Å². The van der Waals surface area contributed by atoms with E-state index in [1.165, 1.54) is 48.5 Å². The molecule has 0 aliphatic rings. The van der Waals surface area contributed by atoms with E-state index in [4.69, 9.17) is 9.47 Å². The van der Waals surface area contributed by atoms with Gasteiger partial charge in [0.05, 0.1) is 9.85 Å². The summed E-state index contributed by atoms with van der Waals surface area (Å²) in [5, 5.41) is 27.5. The Bertz CT molecular complexity index is 2370. The molecule has 14 nitrogen and oxygen atoms in total. The van der Waals surface area contributed by atoms with Crippen LogP contribution < -0.4 is 20.1 Å². The van der Waals surface area contributed by atoms with Gasteiger partial charge in [-0.15, -0.1) is 0 Å². The summed E-state index contributed by atoms with van der Waals surface area (Å²) in [6, 6.07) is 38.8. The topological polar surface area (TPSA) is 189 Å². The number of anilines is 2. The summed E-state index contributed by atoms with van der Waals surface area (Å²) in [5.41, 5.74) is 4.12. The van der Waals surface area contributed by atoms with Crippen molar-refractivity contribution in [3.05, 3.63) is 189 Å². The van der Waals surface area contributed by atoms with Gasteiger partial charge in [0.1, 0.15) is 23.0 Å². The fraction of sp³-hybridized carbons (Fsp3) is 0. The highest BCUT2D eigenvalue weighted by molar-refractivity contribution is 6.05. The van der Waals surface area contributed by atoms with Crippen molar-refractivity contribution in [1.82, 2.24) is 9.97 Å². The molecule has 0 saturated carbocycles. The number of carbonyl (C=O) groups is 2. The molecule has 0 unspecified atom stereocenters. The number of ether oxygens (including phenoxy) is 2. The van der Waals surface area contributed by atoms with Crippen LogP contribution in [0.2, 0.25) is 0 Å². The molecule has 0 fully saturated rings. The lowest BCUT2D eigenvalue weighted by Crippen LogP contribution is -2.11. The van der Waals surface area contributed by atoms with Gasteiger partial charge in [0, 0.05) is 70.3 Å². The molecule has 2 amide bonds. The third kappa shape index (κ3) is 8.85. The third-order valence-corrected chi connectivity index (χ3v) is 8.29. The zero-order valence-corrected chi connectivity index (χ0v) is 29.1. The van der Waals surface area contributed by atoms with Gasteiger partial charge in [-0.25, -0.2) is 9.97 Å². The van der Waals surface area contributed by atoms with Crippen LogP contribution >= 0.6 is 0 Å². The van der Waals surface area contributed by atoms with Crippen LogP contribution in [0.1, 0.15) is 20.7 Å². The standard InChI is InChI=1S/C42H28N6O8/c49-41(29-3-1-5-38(23-29)55-36-19-15-34(16-20-36)47(51)52)45-32-11-7-27(8-12-32)31-25-43-40(44-26-31)28-9-13-33(14-10-28)46-42(50)30-4-2-6-39(24-30)56-37-21-17-35(18-22-37)48(53)54/h1-26H,(H,45,49)(H,46,50). The fourth-order valence-corrected chi connectivity index (χ4v) is 5.43. The highest BCUT2D eigenvalue weighted by atomic mass is 16.6. The van der Waals surface area contributed by atoms with E-state index in [0.717, 1.165) is 16.7 Å². The summed E-state index contributed by atoms with van der Waals surface area (Å²) >= 11 is 0. The first-order valence-corrected chi connectivity index (χ1v) is 16.9. The molecular weight excluding hydrogens is 716 g/mol. The number of amides is 2. The molecule has 1 aromatic heterocycles. The quantitative estimate of drug-likeness (QED) is 0.0900. The van der Waals surface area contributed by atoms with Gasteiger partial charge in [-0.05, 0) is 103 Å². The molecule has 0 spiro atoms. The minimum absolute atomic E-state index is 0.0494. The predicted octanol–water partition coefficient (Wildman–Crippen LogP) is 9.72. The smallest absolute Gasteiger partial charge is 0.269 e. The van der Waals surface area contributed by atoms with Crippen LogP contribution in [0, 0.1) is 20.2 Å². The van der Waals surface area contributed by atoms with Gasteiger partial charge >= 0.3 is 0 Å². The number of nitrogens with zero attached hydrogens (tertiary/aromatic N) is 4. The average Bonchev–Trinajstić information content (AvgIpc) is 3.22.